The molecule has 2 aliphatic heterocycles. The van der Waals surface area contributed by atoms with Crippen LogP contribution in [0.25, 0.3) is 21.2 Å². The summed E-state index contributed by atoms with van der Waals surface area (Å²) < 4.78 is 17.3. The van der Waals surface area contributed by atoms with Crippen molar-refractivity contribution in [2.24, 2.45) is 5.11 Å². The van der Waals surface area contributed by atoms with Gasteiger partial charge in [0.05, 0.1) is 29.9 Å². The number of aromatic nitrogens is 2. The lowest BCUT2D eigenvalue weighted by Gasteiger charge is -2.39. The number of anilines is 2. The molecule has 0 saturated carbocycles. The van der Waals surface area contributed by atoms with Gasteiger partial charge in [-0.3, -0.25) is 0 Å². The number of amides is 1. The number of nitrogens with zero attached hydrogens (tertiary/aromatic N) is 6. The Morgan fingerprint density at radius 3 is 2.53 bits per heavy atom. The molecule has 4 heterocycles. The van der Waals surface area contributed by atoms with E-state index in [-0.39, 0.29) is 24.1 Å². The third-order valence-corrected chi connectivity index (χ3v) is 7.82. The Labute approximate surface area is 250 Å². The Morgan fingerprint density at radius 1 is 1.14 bits per heavy atom. The fourth-order valence-electron chi connectivity index (χ4n) is 5.14. The van der Waals surface area contributed by atoms with Gasteiger partial charge in [0.25, 0.3) is 0 Å². The molecule has 1 N–H and O–H groups in total. The van der Waals surface area contributed by atoms with Crippen LogP contribution in [0.1, 0.15) is 82.9 Å². The van der Waals surface area contributed by atoms with E-state index in [4.69, 9.17) is 19.2 Å². The highest BCUT2D eigenvalue weighted by Crippen LogP contribution is 2.40. The second-order valence-corrected chi connectivity index (χ2v) is 13.1. The second kappa shape index (κ2) is 10.6. The van der Waals surface area contributed by atoms with E-state index in [1.807, 2.05) is 73.6 Å². The maximum Gasteiger partial charge on any atom is 0.410 e. The van der Waals surface area contributed by atoms with Crippen LogP contribution in [0.2, 0.25) is 0 Å². The normalized spacial score (nSPS) is 18.2. The molecule has 0 spiro atoms. The maximum absolute atomic E-state index is 12.5. The number of ether oxygens (including phenoxy) is 3. The minimum Gasteiger partial charge on any atom is -0.486 e. The molecule has 226 valence electrons. The van der Waals surface area contributed by atoms with Crippen molar-refractivity contribution < 1.29 is 23.8 Å². The highest BCUT2D eigenvalue weighted by molar-refractivity contribution is 5.94. The SMILES string of the molecule is C[C@@H]1c2nc(Nc3cc4c(C(C)(C)N=[N+]=[N-])ccc(OC5CN(C(=O)OC(C)(C)C)C5)c4cn3)ccc2C(=O)OC1(C)C. The summed E-state index contributed by atoms with van der Waals surface area (Å²) in [6.07, 6.45) is 1.13. The van der Waals surface area contributed by atoms with Crippen LogP contribution >= 0.6 is 0 Å². The Morgan fingerprint density at radius 2 is 1.86 bits per heavy atom. The molecule has 3 aromatic rings. The number of carbonyl (C=O) groups excluding carboxylic acids is 2. The molecule has 0 unspecified atom stereocenters. The van der Waals surface area contributed by atoms with E-state index in [9.17, 15) is 15.1 Å². The third-order valence-electron chi connectivity index (χ3n) is 7.82. The van der Waals surface area contributed by atoms with Gasteiger partial charge in [-0.1, -0.05) is 32.0 Å². The lowest BCUT2D eigenvalue weighted by molar-refractivity contribution is -0.0219. The van der Waals surface area contributed by atoms with Crippen molar-refractivity contribution in [1.82, 2.24) is 14.9 Å². The quantitative estimate of drug-likeness (QED) is 0.140. The van der Waals surface area contributed by atoms with Crippen LogP contribution in [0, 0.1) is 0 Å². The zero-order valence-electron chi connectivity index (χ0n) is 25.8. The summed E-state index contributed by atoms with van der Waals surface area (Å²) in [7, 11) is 0. The second-order valence-electron chi connectivity index (χ2n) is 13.1. The predicted octanol–water partition coefficient (Wildman–Crippen LogP) is 6.97. The van der Waals surface area contributed by atoms with Crippen LogP contribution in [-0.2, 0) is 15.0 Å². The van der Waals surface area contributed by atoms with Crippen molar-refractivity contribution in [2.45, 2.75) is 84.2 Å². The number of nitrogens with one attached hydrogen (secondary N) is 1. The van der Waals surface area contributed by atoms with Gasteiger partial charge >= 0.3 is 12.1 Å². The number of fused-ring (bicyclic) bond motifs is 2. The number of esters is 1. The van der Waals surface area contributed by atoms with Gasteiger partial charge in [0.1, 0.15) is 34.7 Å². The van der Waals surface area contributed by atoms with E-state index >= 15 is 0 Å². The minimum atomic E-state index is -0.862. The molecule has 2 aliphatic rings. The first-order chi connectivity index (χ1) is 20.1. The van der Waals surface area contributed by atoms with Crippen LogP contribution in [0.4, 0.5) is 16.4 Å². The van der Waals surface area contributed by atoms with Crippen molar-refractivity contribution in [3.8, 4) is 5.75 Å². The summed E-state index contributed by atoms with van der Waals surface area (Å²) in [5.41, 5.74) is 9.03. The van der Waals surface area contributed by atoms with Gasteiger partial charge in [0, 0.05) is 22.4 Å². The smallest absolute Gasteiger partial charge is 0.410 e. The number of cyclic esters (lactones) is 1. The van der Waals surface area contributed by atoms with Gasteiger partial charge in [-0.05, 0) is 75.4 Å². The van der Waals surface area contributed by atoms with E-state index in [0.29, 0.717) is 41.7 Å². The molecule has 1 fully saturated rings. The lowest BCUT2D eigenvalue weighted by atomic mass is 9.84. The summed E-state index contributed by atoms with van der Waals surface area (Å²) >= 11 is 0. The van der Waals surface area contributed by atoms with Gasteiger partial charge < -0.3 is 24.4 Å². The fourth-order valence-corrected chi connectivity index (χ4v) is 5.14. The number of rotatable bonds is 6. The summed E-state index contributed by atoms with van der Waals surface area (Å²) in [6.45, 7) is 15.7. The molecule has 12 heteroatoms. The first kappa shape index (κ1) is 29.9. The molecule has 0 aliphatic carbocycles. The van der Waals surface area contributed by atoms with Crippen molar-refractivity contribution >= 4 is 34.5 Å². The topological polar surface area (TPSA) is 152 Å². The van der Waals surface area contributed by atoms with Crippen molar-refractivity contribution in [3.05, 3.63) is 63.8 Å². The average Bonchev–Trinajstić information content (AvgIpc) is 2.87. The average molecular weight is 588 g/mol. The van der Waals surface area contributed by atoms with Crippen molar-refractivity contribution in [2.75, 3.05) is 18.4 Å². The molecule has 1 amide bonds. The number of pyridine rings is 2. The van der Waals surface area contributed by atoms with Crippen LogP contribution in [0.3, 0.4) is 0 Å². The van der Waals surface area contributed by atoms with E-state index in [1.165, 1.54) is 0 Å². The molecular formula is C31H37N7O5. The van der Waals surface area contributed by atoms with E-state index < -0.39 is 16.7 Å². The molecule has 5 rings (SSSR count). The Balaban J connectivity index is 1.45. The number of likely N-dealkylation sites (tertiary alicyclic amines) is 1. The monoisotopic (exact) mass is 587 g/mol. The first-order valence-electron chi connectivity index (χ1n) is 14.2. The van der Waals surface area contributed by atoms with Crippen molar-refractivity contribution in [3.63, 3.8) is 0 Å². The molecule has 1 atom stereocenters. The number of carbonyl (C=O) groups is 2. The molecule has 0 radical (unpaired) electrons. The minimum absolute atomic E-state index is 0.111. The molecule has 0 bridgehead atoms. The van der Waals surface area contributed by atoms with Crippen LogP contribution in [0.15, 0.2) is 41.6 Å². The maximum atomic E-state index is 12.5. The molecule has 2 aromatic heterocycles. The highest BCUT2D eigenvalue weighted by atomic mass is 16.6. The zero-order valence-corrected chi connectivity index (χ0v) is 25.8. The predicted molar refractivity (Wildman–Crippen MR) is 162 cm³/mol. The van der Waals surface area contributed by atoms with Gasteiger partial charge in [-0.2, -0.15) is 0 Å². The molecule has 1 saturated heterocycles. The number of azide groups is 1. The molecule has 43 heavy (non-hydrogen) atoms. The first-order valence-corrected chi connectivity index (χ1v) is 14.2. The summed E-state index contributed by atoms with van der Waals surface area (Å²) in [5.74, 6) is 1.15. The van der Waals surface area contributed by atoms with Gasteiger partial charge in [0.2, 0.25) is 0 Å². The van der Waals surface area contributed by atoms with Gasteiger partial charge in [-0.25, -0.2) is 19.6 Å². The lowest BCUT2D eigenvalue weighted by Crippen LogP contribution is -2.57. The zero-order chi connectivity index (χ0) is 31.3. The van der Waals surface area contributed by atoms with E-state index in [2.05, 4.69) is 20.3 Å². The molecule has 1 aromatic carbocycles. The Hall–Kier alpha value is -4.57. The van der Waals surface area contributed by atoms with Crippen LogP contribution < -0.4 is 10.1 Å². The highest BCUT2D eigenvalue weighted by Gasteiger charge is 2.40. The third kappa shape index (κ3) is 6.01. The molecular weight excluding hydrogens is 550 g/mol. The number of hydrogen-bond acceptors (Lipinski definition) is 9. The Bertz CT molecular complexity index is 1650. The Kier molecular flexibility index (Phi) is 7.38. The fraction of sp³-hybridized carbons (Fsp3) is 0.484. The number of hydrogen-bond donors (Lipinski definition) is 1. The summed E-state index contributed by atoms with van der Waals surface area (Å²) in [4.78, 5) is 38.9. The van der Waals surface area contributed by atoms with Gasteiger partial charge in [0.15, 0.2) is 0 Å². The number of benzene rings is 1. The van der Waals surface area contributed by atoms with E-state index in [1.54, 1.807) is 23.2 Å². The van der Waals surface area contributed by atoms with Gasteiger partial charge in [-0.15, -0.1) is 0 Å². The summed E-state index contributed by atoms with van der Waals surface area (Å²) in [6, 6.07) is 9.01. The van der Waals surface area contributed by atoms with Crippen LogP contribution in [0.5, 0.6) is 5.75 Å². The standard InChI is InChI=1S/C31H37N7O5/c1-17-26-19(27(39)42-31(17,7)8)9-12-24(35-26)34-25-13-20-21(14-33-25)23(11-10-22(20)30(5,6)36-37-32)41-18-15-38(16-18)28(40)43-29(2,3)4/h9-14,17-18H,15-16H2,1-8H3,(H,33,34,35)/t17-/m1/s1. The molecule has 12 nitrogen and oxygen atoms in total. The van der Waals surface area contributed by atoms with Crippen LogP contribution in [-0.4, -0.2) is 57.3 Å². The van der Waals surface area contributed by atoms with Crippen molar-refractivity contribution in [1.29, 1.82) is 0 Å². The summed E-state index contributed by atoms with van der Waals surface area (Å²) in [5, 5.41) is 8.81. The van der Waals surface area contributed by atoms with E-state index in [0.717, 1.165) is 16.3 Å². The largest absolute Gasteiger partial charge is 0.486 e.